The third-order valence-electron chi connectivity index (χ3n) is 2.11. The van der Waals surface area contributed by atoms with Gasteiger partial charge in [-0.25, -0.2) is 4.79 Å². The fourth-order valence-electron chi connectivity index (χ4n) is 1.39. The van der Waals surface area contributed by atoms with Crippen molar-refractivity contribution >= 4 is 50.6 Å². The Labute approximate surface area is 105 Å². The Kier molecular flexibility index (Phi) is 2.97. The lowest BCUT2D eigenvalue weighted by Gasteiger charge is -2.03. The normalized spacial score (nSPS) is 10.7. The lowest BCUT2D eigenvalue weighted by Crippen LogP contribution is -1.91. The van der Waals surface area contributed by atoms with E-state index in [0.717, 1.165) is 16.0 Å². The lowest BCUT2D eigenvalue weighted by molar-refractivity contribution is 0.0702. The summed E-state index contributed by atoms with van der Waals surface area (Å²) in [6.07, 6.45) is 0. The Bertz CT molecular complexity index is 577. The Hall–Kier alpha value is -0.970. The Balaban J connectivity index is 2.83. The molecule has 6 heteroatoms. The zero-order chi connectivity index (χ0) is 11.9. The molecule has 16 heavy (non-hydrogen) atoms. The highest BCUT2D eigenvalue weighted by atomic mass is 35.5. The predicted octanol–water partition coefficient (Wildman–Crippen LogP) is 3.91. The molecule has 3 nitrogen and oxygen atoms in total. The minimum absolute atomic E-state index is 0.0896. The van der Waals surface area contributed by atoms with Crippen molar-refractivity contribution in [1.29, 1.82) is 0 Å². The van der Waals surface area contributed by atoms with Gasteiger partial charge in [0.05, 0.1) is 17.2 Å². The minimum Gasteiger partial charge on any atom is -0.495 e. The molecule has 1 heterocycles. The molecule has 2 rings (SSSR count). The first kappa shape index (κ1) is 11.5. The van der Waals surface area contributed by atoms with Crippen LogP contribution in [0, 0.1) is 0 Å². The van der Waals surface area contributed by atoms with E-state index in [1.54, 1.807) is 12.1 Å². The van der Waals surface area contributed by atoms with E-state index < -0.39 is 5.97 Å². The maximum atomic E-state index is 10.9. The SMILES string of the molecule is COc1ccc2sc(C(=O)O)c(Cl)c2c1Cl. The first-order valence-electron chi connectivity index (χ1n) is 4.24. The van der Waals surface area contributed by atoms with E-state index in [4.69, 9.17) is 33.0 Å². The van der Waals surface area contributed by atoms with E-state index in [1.165, 1.54) is 7.11 Å². The molecule has 1 aromatic carbocycles. The first-order chi connectivity index (χ1) is 7.56. The summed E-state index contributed by atoms with van der Waals surface area (Å²) in [6.45, 7) is 0. The highest BCUT2D eigenvalue weighted by Crippen LogP contribution is 2.43. The van der Waals surface area contributed by atoms with Gasteiger partial charge in [0.1, 0.15) is 10.6 Å². The summed E-state index contributed by atoms with van der Waals surface area (Å²) in [5.74, 6) is -0.577. The van der Waals surface area contributed by atoms with Gasteiger partial charge in [0.15, 0.2) is 0 Å². The topological polar surface area (TPSA) is 46.5 Å². The number of aromatic carboxylic acids is 1. The van der Waals surface area contributed by atoms with E-state index in [-0.39, 0.29) is 9.90 Å². The average molecular weight is 277 g/mol. The molecule has 0 bridgehead atoms. The Morgan fingerprint density at radius 2 is 2.06 bits per heavy atom. The van der Waals surface area contributed by atoms with Gasteiger partial charge in [0.2, 0.25) is 0 Å². The molecule has 0 radical (unpaired) electrons. The van der Waals surface area contributed by atoms with Crippen molar-refractivity contribution in [2.45, 2.75) is 0 Å². The van der Waals surface area contributed by atoms with Crippen molar-refractivity contribution in [3.8, 4) is 5.75 Å². The quantitative estimate of drug-likeness (QED) is 0.905. The molecular weight excluding hydrogens is 271 g/mol. The number of thiophene rings is 1. The smallest absolute Gasteiger partial charge is 0.347 e. The highest BCUT2D eigenvalue weighted by molar-refractivity contribution is 7.21. The summed E-state index contributed by atoms with van der Waals surface area (Å²) in [7, 11) is 1.49. The van der Waals surface area contributed by atoms with Crippen LogP contribution in [0.1, 0.15) is 9.67 Å². The monoisotopic (exact) mass is 276 g/mol. The molecular formula is C10H6Cl2O3S. The van der Waals surface area contributed by atoms with Crippen LogP contribution in [0.2, 0.25) is 10.0 Å². The van der Waals surface area contributed by atoms with Gasteiger partial charge in [-0.3, -0.25) is 0 Å². The van der Waals surface area contributed by atoms with Crippen molar-refractivity contribution in [1.82, 2.24) is 0 Å². The van der Waals surface area contributed by atoms with Gasteiger partial charge in [0, 0.05) is 10.1 Å². The molecule has 0 unspecified atom stereocenters. The summed E-state index contributed by atoms with van der Waals surface area (Å²) in [5.41, 5.74) is 0. The van der Waals surface area contributed by atoms with Crippen molar-refractivity contribution in [3.63, 3.8) is 0 Å². The van der Waals surface area contributed by atoms with Crippen molar-refractivity contribution in [2.24, 2.45) is 0 Å². The molecule has 0 amide bonds. The van der Waals surface area contributed by atoms with Gasteiger partial charge in [-0.05, 0) is 12.1 Å². The van der Waals surface area contributed by atoms with Crippen LogP contribution >= 0.6 is 34.5 Å². The average Bonchev–Trinajstić information content (AvgIpc) is 2.57. The summed E-state index contributed by atoms with van der Waals surface area (Å²) in [6, 6.07) is 3.42. The van der Waals surface area contributed by atoms with Crippen molar-refractivity contribution in [3.05, 3.63) is 27.1 Å². The van der Waals surface area contributed by atoms with Crippen LogP contribution in [-0.2, 0) is 0 Å². The number of fused-ring (bicyclic) bond motifs is 1. The molecule has 0 aliphatic heterocycles. The predicted molar refractivity (Wildman–Crippen MR) is 65.4 cm³/mol. The van der Waals surface area contributed by atoms with E-state index in [0.29, 0.717) is 16.2 Å². The summed E-state index contributed by atoms with van der Waals surface area (Å²) in [4.78, 5) is 11.0. The third kappa shape index (κ3) is 1.63. The Morgan fingerprint density at radius 1 is 1.38 bits per heavy atom. The van der Waals surface area contributed by atoms with Gasteiger partial charge in [0.25, 0.3) is 0 Å². The molecule has 0 aliphatic carbocycles. The lowest BCUT2D eigenvalue weighted by atomic mass is 10.2. The molecule has 0 spiro atoms. The fourth-order valence-corrected chi connectivity index (χ4v) is 3.22. The number of hydrogen-bond acceptors (Lipinski definition) is 3. The first-order valence-corrected chi connectivity index (χ1v) is 5.81. The number of methoxy groups -OCH3 is 1. The fraction of sp³-hybridized carbons (Fsp3) is 0.100. The van der Waals surface area contributed by atoms with Crippen molar-refractivity contribution in [2.75, 3.05) is 7.11 Å². The Morgan fingerprint density at radius 3 is 2.62 bits per heavy atom. The molecule has 0 saturated heterocycles. The maximum absolute atomic E-state index is 10.9. The number of rotatable bonds is 2. The molecule has 1 N–H and O–H groups in total. The zero-order valence-corrected chi connectivity index (χ0v) is 10.4. The minimum atomic E-state index is -1.05. The van der Waals surface area contributed by atoms with E-state index in [1.807, 2.05) is 0 Å². The van der Waals surface area contributed by atoms with E-state index >= 15 is 0 Å². The van der Waals surface area contributed by atoms with Gasteiger partial charge in [-0.2, -0.15) is 0 Å². The van der Waals surface area contributed by atoms with Gasteiger partial charge < -0.3 is 9.84 Å². The van der Waals surface area contributed by atoms with Gasteiger partial charge in [-0.1, -0.05) is 23.2 Å². The summed E-state index contributed by atoms with van der Waals surface area (Å²) >= 11 is 13.1. The standard InChI is InChI=1S/C10H6Cl2O3S/c1-15-4-2-3-5-6(7(4)11)8(12)9(16-5)10(13)14/h2-3H,1H3,(H,13,14). The second-order valence-electron chi connectivity index (χ2n) is 3.01. The van der Waals surface area contributed by atoms with Crippen LogP contribution in [0.3, 0.4) is 0 Å². The molecule has 0 saturated carbocycles. The molecule has 0 atom stereocenters. The maximum Gasteiger partial charge on any atom is 0.347 e. The number of hydrogen-bond donors (Lipinski definition) is 1. The largest absolute Gasteiger partial charge is 0.495 e. The number of carboxylic acids is 1. The number of benzene rings is 1. The summed E-state index contributed by atoms with van der Waals surface area (Å²) in [5, 5.41) is 9.97. The molecule has 0 fully saturated rings. The van der Waals surface area contributed by atoms with Crippen LogP contribution in [0.15, 0.2) is 12.1 Å². The zero-order valence-electron chi connectivity index (χ0n) is 8.08. The number of carbonyl (C=O) groups is 1. The van der Waals surface area contributed by atoms with Crippen molar-refractivity contribution < 1.29 is 14.6 Å². The second-order valence-corrected chi connectivity index (χ2v) is 4.81. The molecule has 2 aromatic rings. The second kappa shape index (κ2) is 4.13. The van der Waals surface area contributed by atoms with Crippen LogP contribution in [0.5, 0.6) is 5.75 Å². The highest BCUT2D eigenvalue weighted by Gasteiger charge is 2.19. The third-order valence-corrected chi connectivity index (χ3v) is 4.12. The van der Waals surface area contributed by atoms with Gasteiger partial charge >= 0.3 is 5.97 Å². The number of carboxylic acid groups (broad SMARTS) is 1. The van der Waals surface area contributed by atoms with Crippen LogP contribution in [0.25, 0.3) is 10.1 Å². The molecule has 84 valence electrons. The molecule has 1 aromatic heterocycles. The van der Waals surface area contributed by atoms with E-state index in [2.05, 4.69) is 0 Å². The number of halogens is 2. The molecule has 0 aliphatic rings. The van der Waals surface area contributed by atoms with E-state index in [9.17, 15) is 4.79 Å². The summed E-state index contributed by atoms with van der Waals surface area (Å²) < 4.78 is 5.77. The van der Waals surface area contributed by atoms with Gasteiger partial charge in [-0.15, -0.1) is 11.3 Å². The van der Waals surface area contributed by atoms with Crippen LogP contribution in [0.4, 0.5) is 0 Å². The number of ether oxygens (including phenoxy) is 1. The van der Waals surface area contributed by atoms with Crippen LogP contribution in [-0.4, -0.2) is 18.2 Å². The van der Waals surface area contributed by atoms with Crippen LogP contribution < -0.4 is 4.74 Å².